The SMILES string of the molecule is COc1ccc(Nc2nc(C(=O)Nc3ccc(C)c(Cl)c3)cs2)cc1OC. The zero-order valence-electron chi connectivity index (χ0n) is 15.0. The van der Waals surface area contributed by atoms with E-state index >= 15 is 0 Å². The number of thiazole rings is 1. The highest BCUT2D eigenvalue weighted by atomic mass is 35.5. The van der Waals surface area contributed by atoms with Crippen LogP contribution in [0, 0.1) is 6.92 Å². The van der Waals surface area contributed by atoms with Gasteiger partial charge in [-0.15, -0.1) is 11.3 Å². The Hall–Kier alpha value is -2.77. The Morgan fingerprint density at radius 1 is 1.07 bits per heavy atom. The number of amides is 1. The predicted molar refractivity (Wildman–Crippen MR) is 109 cm³/mol. The number of aromatic nitrogens is 1. The van der Waals surface area contributed by atoms with E-state index in [0.717, 1.165) is 11.3 Å². The number of nitrogens with zero attached hydrogens (tertiary/aromatic N) is 1. The highest BCUT2D eigenvalue weighted by Crippen LogP contribution is 2.31. The lowest BCUT2D eigenvalue weighted by Gasteiger charge is -2.09. The van der Waals surface area contributed by atoms with Crippen molar-refractivity contribution in [2.45, 2.75) is 6.92 Å². The fourth-order valence-electron chi connectivity index (χ4n) is 2.34. The lowest BCUT2D eigenvalue weighted by atomic mass is 10.2. The molecular weight excluding hydrogens is 386 g/mol. The number of hydrogen-bond acceptors (Lipinski definition) is 6. The molecule has 0 saturated carbocycles. The number of ether oxygens (including phenoxy) is 2. The number of nitrogens with one attached hydrogen (secondary N) is 2. The van der Waals surface area contributed by atoms with Gasteiger partial charge < -0.3 is 20.1 Å². The Labute approximate surface area is 166 Å². The van der Waals surface area contributed by atoms with Gasteiger partial charge in [0.2, 0.25) is 0 Å². The van der Waals surface area contributed by atoms with Crippen LogP contribution in [0.3, 0.4) is 0 Å². The van der Waals surface area contributed by atoms with Gasteiger partial charge in [-0.25, -0.2) is 4.98 Å². The van der Waals surface area contributed by atoms with Crippen molar-refractivity contribution in [1.82, 2.24) is 4.98 Å². The Morgan fingerprint density at radius 2 is 1.81 bits per heavy atom. The zero-order chi connectivity index (χ0) is 19.4. The minimum Gasteiger partial charge on any atom is -0.493 e. The number of halogens is 1. The maximum absolute atomic E-state index is 12.4. The third-order valence-electron chi connectivity index (χ3n) is 3.80. The Kier molecular flexibility index (Phi) is 5.83. The molecule has 2 aromatic carbocycles. The minimum absolute atomic E-state index is 0.300. The van der Waals surface area contributed by atoms with E-state index in [4.69, 9.17) is 21.1 Å². The van der Waals surface area contributed by atoms with E-state index < -0.39 is 0 Å². The molecule has 2 N–H and O–H groups in total. The largest absolute Gasteiger partial charge is 0.493 e. The summed E-state index contributed by atoms with van der Waals surface area (Å²) in [5.74, 6) is 0.943. The molecule has 1 heterocycles. The summed E-state index contributed by atoms with van der Waals surface area (Å²) >= 11 is 7.42. The Bertz CT molecular complexity index is 975. The molecule has 1 aromatic heterocycles. The van der Waals surface area contributed by atoms with Crippen LogP contribution in [-0.2, 0) is 0 Å². The maximum Gasteiger partial charge on any atom is 0.275 e. The van der Waals surface area contributed by atoms with Crippen LogP contribution in [0.4, 0.5) is 16.5 Å². The molecule has 3 rings (SSSR count). The van der Waals surface area contributed by atoms with Gasteiger partial charge in [-0.2, -0.15) is 0 Å². The molecule has 0 aliphatic carbocycles. The monoisotopic (exact) mass is 403 g/mol. The molecule has 0 spiro atoms. The number of anilines is 3. The molecule has 0 saturated heterocycles. The number of carbonyl (C=O) groups is 1. The molecule has 0 atom stereocenters. The van der Waals surface area contributed by atoms with Crippen molar-refractivity contribution in [3.8, 4) is 11.5 Å². The number of rotatable bonds is 6. The second-order valence-electron chi connectivity index (χ2n) is 5.65. The first-order chi connectivity index (χ1) is 13.0. The average molecular weight is 404 g/mol. The van der Waals surface area contributed by atoms with E-state index in [2.05, 4.69) is 15.6 Å². The summed E-state index contributed by atoms with van der Waals surface area (Å²) in [6.07, 6.45) is 0. The molecule has 0 unspecified atom stereocenters. The number of carbonyl (C=O) groups excluding carboxylic acids is 1. The smallest absolute Gasteiger partial charge is 0.275 e. The van der Waals surface area contributed by atoms with E-state index in [1.807, 2.05) is 19.1 Å². The molecule has 8 heteroatoms. The van der Waals surface area contributed by atoms with Crippen molar-refractivity contribution in [3.63, 3.8) is 0 Å². The van der Waals surface area contributed by atoms with Crippen LogP contribution in [0.15, 0.2) is 41.8 Å². The van der Waals surface area contributed by atoms with Crippen LogP contribution in [-0.4, -0.2) is 25.1 Å². The third-order valence-corrected chi connectivity index (χ3v) is 4.97. The summed E-state index contributed by atoms with van der Waals surface area (Å²) in [5, 5.41) is 8.83. The summed E-state index contributed by atoms with van der Waals surface area (Å²) < 4.78 is 10.5. The zero-order valence-corrected chi connectivity index (χ0v) is 16.6. The van der Waals surface area contributed by atoms with E-state index in [-0.39, 0.29) is 5.91 Å². The number of methoxy groups -OCH3 is 2. The fraction of sp³-hybridized carbons (Fsp3) is 0.158. The Balaban J connectivity index is 1.70. The lowest BCUT2D eigenvalue weighted by molar-refractivity contribution is 0.102. The summed E-state index contributed by atoms with van der Waals surface area (Å²) in [7, 11) is 3.16. The first-order valence-corrected chi connectivity index (χ1v) is 9.28. The molecule has 140 valence electrons. The van der Waals surface area contributed by atoms with Crippen LogP contribution in [0.1, 0.15) is 16.1 Å². The van der Waals surface area contributed by atoms with Crippen molar-refractivity contribution in [1.29, 1.82) is 0 Å². The normalized spacial score (nSPS) is 10.4. The van der Waals surface area contributed by atoms with E-state index in [1.165, 1.54) is 11.3 Å². The quantitative estimate of drug-likeness (QED) is 0.597. The van der Waals surface area contributed by atoms with Gasteiger partial charge in [0.15, 0.2) is 16.6 Å². The van der Waals surface area contributed by atoms with Crippen molar-refractivity contribution in [2.24, 2.45) is 0 Å². The second kappa shape index (κ2) is 8.28. The molecule has 27 heavy (non-hydrogen) atoms. The summed E-state index contributed by atoms with van der Waals surface area (Å²) in [6.45, 7) is 1.90. The summed E-state index contributed by atoms with van der Waals surface area (Å²) in [5.41, 5.74) is 2.67. The Morgan fingerprint density at radius 3 is 2.52 bits per heavy atom. The van der Waals surface area contributed by atoms with E-state index in [0.29, 0.717) is 33.0 Å². The van der Waals surface area contributed by atoms with Gasteiger partial charge in [-0.1, -0.05) is 17.7 Å². The van der Waals surface area contributed by atoms with Crippen LogP contribution in [0.5, 0.6) is 11.5 Å². The van der Waals surface area contributed by atoms with Crippen LogP contribution in [0.25, 0.3) is 0 Å². The molecule has 0 aliphatic heterocycles. The first kappa shape index (κ1) is 19.0. The fourth-order valence-corrected chi connectivity index (χ4v) is 3.23. The lowest BCUT2D eigenvalue weighted by Crippen LogP contribution is -2.12. The maximum atomic E-state index is 12.4. The van der Waals surface area contributed by atoms with Gasteiger partial charge >= 0.3 is 0 Å². The average Bonchev–Trinajstić information content (AvgIpc) is 3.13. The number of benzene rings is 2. The summed E-state index contributed by atoms with van der Waals surface area (Å²) in [6, 6.07) is 10.8. The van der Waals surface area contributed by atoms with E-state index in [1.54, 1.807) is 43.9 Å². The first-order valence-electron chi connectivity index (χ1n) is 8.02. The number of hydrogen-bond donors (Lipinski definition) is 2. The summed E-state index contributed by atoms with van der Waals surface area (Å²) in [4.78, 5) is 16.7. The minimum atomic E-state index is -0.300. The standard InChI is InChI=1S/C19H18ClN3O3S/c1-11-4-5-12(8-14(11)20)21-18(24)15-10-27-19(23-15)22-13-6-7-16(25-2)17(9-13)26-3/h4-10H,1-3H3,(H,21,24)(H,22,23). The third kappa shape index (κ3) is 4.50. The molecule has 0 bridgehead atoms. The van der Waals surface area contributed by atoms with Crippen LogP contribution >= 0.6 is 22.9 Å². The number of aryl methyl sites for hydroxylation is 1. The second-order valence-corrected chi connectivity index (χ2v) is 6.92. The molecular formula is C19H18ClN3O3S. The molecule has 0 aliphatic rings. The van der Waals surface area contributed by atoms with Crippen LogP contribution in [0.2, 0.25) is 5.02 Å². The van der Waals surface area contributed by atoms with Crippen molar-refractivity contribution in [2.75, 3.05) is 24.9 Å². The van der Waals surface area contributed by atoms with E-state index in [9.17, 15) is 4.79 Å². The molecule has 0 radical (unpaired) electrons. The van der Waals surface area contributed by atoms with Gasteiger partial charge in [0, 0.05) is 27.8 Å². The topological polar surface area (TPSA) is 72.5 Å². The van der Waals surface area contributed by atoms with Gasteiger partial charge in [0.05, 0.1) is 14.2 Å². The molecule has 0 fully saturated rings. The molecule has 6 nitrogen and oxygen atoms in total. The molecule has 3 aromatic rings. The van der Waals surface area contributed by atoms with Gasteiger partial charge in [0.1, 0.15) is 5.69 Å². The van der Waals surface area contributed by atoms with Gasteiger partial charge in [-0.05, 0) is 36.8 Å². The van der Waals surface area contributed by atoms with Crippen molar-refractivity contribution >= 4 is 45.4 Å². The van der Waals surface area contributed by atoms with Crippen molar-refractivity contribution in [3.05, 3.63) is 58.1 Å². The predicted octanol–water partition coefficient (Wildman–Crippen LogP) is 5.12. The van der Waals surface area contributed by atoms with Gasteiger partial charge in [0.25, 0.3) is 5.91 Å². The van der Waals surface area contributed by atoms with Crippen LogP contribution < -0.4 is 20.1 Å². The highest BCUT2D eigenvalue weighted by Gasteiger charge is 2.13. The molecule has 1 amide bonds. The van der Waals surface area contributed by atoms with Gasteiger partial charge in [-0.3, -0.25) is 4.79 Å². The highest BCUT2D eigenvalue weighted by molar-refractivity contribution is 7.14. The van der Waals surface area contributed by atoms with Crippen molar-refractivity contribution < 1.29 is 14.3 Å².